The molecule has 0 aromatic heterocycles. The second kappa shape index (κ2) is 11.5. The van der Waals surface area contributed by atoms with Crippen LogP contribution in [-0.2, 0) is 6.42 Å². The van der Waals surface area contributed by atoms with Crippen LogP contribution in [-0.4, -0.2) is 43.1 Å². The van der Waals surface area contributed by atoms with Crippen molar-refractivity contribution in [1.29, 1.82) is 0 Å². The molecule has 1 aromatic rings. The highest BCUT2D eigenvalue weighted by Crippen LogP contribution is 2.28. The lowest BCUT2D eigenvalue weighted by molar-refractivity contribution is -0.173. The molecule has 28 heavy (non-hydrogen) atoms. The summed E-state index contributed by atoms with van der Waals surface area (Å²) in [5.74, 6) is 0.303. The Hall–Kier alpha value is -2.36. The number of allylic oxidation sites excluding steroid dienone is 1. The Bertz CT molecular complexity index is 645. The number of nitrogens with one attached hydrogen (secondary N) is 1. The van der Waals surface area contributed by atoms with Crippen molar-refractivity contribution >= 4 is 0 Å². The summed E-state index contributed by atoms with van der Waals surface area (Å²) in [7, 11) is 0. The third-order valence-electron chi connectivity index (χ3n) is 3.74. The Morgan fingerprint density at radius 2 is 1.79 bits per heavy atom. The van der Waals surface area contributed by atoms with E-state index in [0.29, 0.717) is 17.7 Å². The van der Waals surface area contributed by atoms with Gasteiger partial charge in [-0.15, -0.1) is 0 Å². The lowest BCUT2D eigenvalue weighted by atomic mass is 10.0. The largest absolute Gasteiger partial charge is 0.487 e. The molecule has 0 saturated carbocycles. The molecule has 0 aliphatic heterocycles. The van der Waals surface area contributed by atoms with Crippen molar-refractivity contribution in [3.63, 3.8) is 0 Å². The molecule has 0 bridgehead atoms. The molecule has 0 saturated heterocycles. The van der Waals surface area contributed by atoms with E-state index < -0.39 is 37.9 Å². The molecule has 4 nitrogen and oxygen atoms in total. The number of halogens is 6. The van der Waals surface area contributed by atoms with E-state index in [4.69, 9.17) is 10.5 Å². The third-order valence-corrected chi connectivity index (χ3v) is 3.74. The van der Waals surface area contributed by atoms with Crippen LogP contribution < -0.4 is 15.8 Å². The fourth-order valence-corrected chi connectivity index (χ4v) is 2.17. The Balaban J connectivity index is 2.60. The Morgan fingerprint density at radius 3 is 2.36 bits per heavy atom. The van der Waals surface area contributed by atoms with Gasteiger partial charge in [0.2, 0.25) is 0 Å². The first-order valence-corrected chi connectivity index (χ1v) is 8.30. The van der Waals surface area contributed by atoms with Gasteiger partial charge in [-0.05, 0) is 24.1 Å². The summed E-state index contributed by atoms with van der Waals surface area (Å²) in [5, 5.41) is 12.2. The van der Waals surface area contributed by atoms with Gasteiger partial charge in [-0.1, -0.05) is 24.3 Å². The summed E-state index contributed by atoms with van der Waals surface area (Å²) >= 11 is 0. The lowest BCUT2D eigenvalue weighted by Gasteiger charge is -2.24. The van der Waals surface area contributed by atoms with E-state index in [9.17, 15) is 31.4 Å². The van der Waals surface area contributed by atoms with Crippen molar-refractivity contribution in [3.05, 3.63) is 53.9 Å². The predicted octanol–water partition coefficient (Wildman–Crippen LogP) is 3.47. The SMILES string of the molecule is N/C=C(\C=C/CC(O)(C(F)F)C(F)F)NCCc1ccccc1OCC(F)F. The lowest BCUT2D eigenvalue weighted by Crippen LogP contribution is -2.44. The van der Waals surface area contributed by atoms with Gasteiger partial charge in [0.15, 0.2) is 5.60 Å². The zero-order valence-electron chi connectivity index (χ0n) is 14.8. The van der Waals surface area contributed by atoms with Gasteiger partial charge in [0, 0.05) is 24.9 Å². The fraction of sp³-hybridized carbons (Fsp3) is 0.444. The minimum absolute atomic E-state index is 0.247. The number of hydrogen-bond donors (Lipinski definition) is 3. The van der Waals surface area contributed by atoms with E-state index in [1.165, 1.54) is 6.08 Å². The highest BCUT2D eigenvalue weighted by atomic mass is 19.3. The average Bonchev–Trinajstić information content (AvgIpc) is 2.65. The van der Waals surface area contributed by atoms with Gasteiger partial charge in [0.25, 0.3) is 19.3 Å². The summed E-state index contributed by atoms with van der Waals surface area (Å²) in [6.07, 6.45) is -7.18. The van der Waals surface area contributed by atoms with E-state index in [1.807, 2.05) is 0 Å². The van der Waals surface area contributed by atoms with Crippen LogP contribution >= 0.6 is 0 Å². The molecule has 0 unspecified atom stereocenters. The molecular formula is C18H22F6N2O2. The monoisotopic (exact) mass is 412 g/mol. The van der Waals surface area contributed by atoms with Crippen molar-refractivity contribution in [2.75, 3.05) is 13.2 Å². The number of alkyl halides is 6. The first-order chi connectivity index (χ1) is 13.2. The number of para-hydroxylation sites is 1. The number of nitrogens with two attached hydrogens (primary N) is 1. The zero-order chi connectivity index (χ0) is 21.2. The third kappa shape index (κ3) is 7.34. The number of rotatable bonds is 12. The van der Waals surface area contributed by atoms with Gasteiger partial charge in [-0.25, -0.2) is 26.3 Å². The van der Waals surface area contributed by atoms with Gasteiger partial charge < -0.3 is 20.9 Å². The molecule has 0 aliphatic carbocycles. The van der Waals surface area contributed by atoms with Crippen LogP contribution in [0.2, 0.25) is 0 Å². The molecule has 0 radical (unpaired) electrons. The zero-order valence-corrected chi connectivity index (χ0v) is 14.8. The van der Waals surface area contributed by atoms with E-state index in [-0.39, 0.29) is 12.2 Å². The average molecular weight is 412 g/mol. The predicted molar refractivity (Wildman–Crippen MR) is 92.6 cm³/mol. The van der Waals surface area contributed by atoms with Crippen molar-refractivity contribution in [2.24, 2.45) is 5.73 Å². The maximum absolute atomic E-state index is 12.6. The summed E-state index contributed by atoms with van der Waals surface area (Å²) < 4.78 is 80.0. The summed E-state index contributed by atoms with van der Waals surface area (Å²) in [6.45, 7) is -0.464. The van der Waals surface area contributed by atoms with E-state index in [1.54, 1.807) is 24.3 Å². The van der Waals surface area contributed by atoms with Gasteiger partial charge in [0.1, 0.15) is 12.4 Å². The van der Waals surface area contributed by atoms with Crippen molar-refractivity contribution in [3.8, 4) is 5.75 Å². The first-order valence-electron chi connectivity index (χ1n) is 8.30. The molecule has 0 aliphatic rings. The molecular weight excluding hydrogens is 390 g/mol. The number of ether oxygens (including phenoxy) is 1. The minimum atomic E-state index is -3.61. The molecule has 0 atom stereocenters. The summed E-state index contributed by atoms with van der Waals surface area (Å²) in [4.78, 5) is 0. The number of benzene rings is 1. The Kier molecular flexibility index (Phi) is 9.70. The van der Waals surface area contributed by atoms with Gasteiger partial charge in [0.05, 0.1) is 0 Å². The van der Waals surface area contributed by atoms with E-state index >= 15 is 0 Å². The Morgan fingerprint density at radius 1 is 1.14 bits per heavy atom. The second-order valence-electron chi connectivity index (χ2n) is 5.81. The van der Waals surface area contributed by atoms with Crippen LogP contribution in [0.5, 0.6) is 5.75 Å². The van der Waals surface area contributed by atoms with Gasteiger partial charge in [-0.3, -0.25) is 0 Å². The highest BCUT2D eigenvalue weighted by molar-refractivity contribution is 5.33. The Labute approximate surface area is 158 Å². The second-order valence-corrected chi connectivity index (χ2v) is 5.81. The quantitative estimate of drug-likeness (QED) is 0.363. The maximum atomic E-state index is 12.6. The fourth-order valence-electron chi connectivity index (χ4n) is 2.17. The molecule has 4 N–H and O–H groups in total. The van der Waals surface area contributed by atoms with Crippen LogP contribution in [0.1, 0.15) is 12.0 Å². The molecule has 10 heteroatoms. The molecule has 158 valence electrons. The standard InChI is InChI=1S/C18H22F6N2O2/c19-15(20)11-28-14-6-2-1-4-12(14)7-9-26-13(10-25)5-3-8-18(27,16(21)22)17(23)24/h1-6,10,15-17,26-27H,7-9,11,25H2/b5-3-,13-10+. The van der Waals surface area contributed by atoms with Crippen LogP contribution in [0.3, 0.4) is 0 Å². The molecule has 0 heterocycles. The van der Waals surface area contributed by atoms with Crippen molar-refractivity contribution < 1.29 is 36.2 Å². The van der Waals surface area contributed by atoms with Crippen molar-refractivity contribution in [1.82, 2.24) is 5.32 Å². The van der Waals surface area contributed by atoms with Crippen LogP contribution in [0.25, 0.3) is 0 Å². The molecule has 1 rings (SSSR count). The van der Waals surface area contributed by atoms with Crippen LogP contribution in [0.15, 0.2) is 48.3 Å². The van der Waals surface area contributed by atoms with E-state index in [2.05, 4.69) is 5.32 Å². The minimum Gasteiger partial charge on any atom is -0.487 e. The smallest absolute Gasteiger partial charge is 0.272 e. The highest BCUT2D eigenvalue weighted by Gasteiger charge is 2.45. The van der Waals surface area contributed by atoms with Crippen LogP contribution in [0.4, 0.5) is 26.3 Å². The molecule has 0 amide bonds. The van der Waals surface area contributed by atoms with E-state index in [0.717, 1.165) is 12.3 Å². The number of aliphatic hydroxyl groups is 1. The summed E-state index contributed by atoms with van der Waals surface area (Å²) in [6, 6.07) is 6.58. The van der Waals surface area contributed by atoms with Crippen molar-refractivity contribution in [2.45, 2.75) is 37.7 Å². The normalized spacial score (nSPS) is 13.1. The molecule has 0 fully saturated rings. The van der Waals surface area contributed by atoms with Gasteiger partial charge >= 0.3 is 0 Å². The number of hydrogen-bond acceptors (Lipinski definition) is 4. The van der Waals surface area contributed by atoms with Crippen LogP contribution in [0, 0.1) is 0 Å². The topological polar surface area (TPSA) is 67.5 Å². The summed E-state index contributed by atoms with van der Waals surface area (Å²) in [5.41, 5.74) is 2.86. The molecule has 0 spiro atoms. The molecule has 1 aromatic carbocycles. The maximum Gasteiger partial charge on any atom is 0.272 e. The van der Waals surface area contributed by atoms with Gasteiger partial charge in [-0.2, -0.15) is 0 Å². The first kappa shape index (κ1) is 23.7.